The Kier molecular flexibility index (Phi) is 5.41. The van der Waals surface area contributed by atoms with Gasteiger partial charge in [0.1, 0.15) is 5.69 Å². The van der Waals surface area contributed by atoms with E-state index in [9.17, 15) is 9.59 Å². The molecule has 2 rings (SSSR count). The number of aromatic nitrogens is 2. The van der Waals surface area contributed by atoms with Gasteiger partial charge >= 0.3 is 0 Å². The van der Waals surface area contributed by atoms with E-state index >= 15 is 0 Å². The average Bonchev–Trinajstić information content (AvgIpc) is 2.66. The van der Waals surface area contributed by atoms with Crippen LogP contribution in [0.5, 0.6) is 0 Å². The predicted molar refractivity (Wildman–Crippen MR) is 84.8 cm³/mol. The van der Waals surface area contributed by atoms with Crippen molar-refractivity contribution in [1.29, 1.82) is 0 Å². The summed E-state index contributed by atoms with van der Waals surface area (Å²) in [6.45, 7) is 1.58. The summed E-state index contributed by atoms with van der Waals surface area (Å²) in [4.78, 5) is 28.1. The van der Waals surface area contributed by atoms with Crippen LogP contribution in [0.25, 0.3) is 0 Å². The minimum absolute atomic E-state index is 0.0834. The summed E-state index contributed by atoms with van der Waals surface area (Å²) < 4.78 is 1.21. The monoisotopic (exact) mass is 310 g/mol. The maximum Gasteiger partial charge on any atom is 0.274 e. The quantitative estimate of drug-likeness (QED) is 0.803. The Morgan fingerprint density at radius 3 is 2.90 bits per heavy atom. The topological polar surface area (TPSA) is 58.4 Å². The van der Waals surface area contributed by atoms with Crippen molar-refractivity contribution in [3.8, 4) is 0 Å². The highest BCUT2D eigenvalue weighted by molar-refractivity contribution is 7.99. The van der Waals surface area contributed by atoms with E-state index in [0.29, 0.717) is 5.69 Å². The van der Waals surface area contributed by atoms with E-state index in [4.69, 9.17) is 0 Å². The molecule has 1 aromatic heterocycles. The van der Waals surface area contributed by atoms with Gasteiger partial charge in [0, 0.05) is 32.0 Å². The molecule has 6 nitrogen and oxygen atoms in total. The highest BCUT2D eigenvalue weighted by atomic mass is 32.2. The summed E-state index contributed by atoms with van der Waals surface area (Å²) in [5.41, 5.74) is 0.135. The lowest BCUT2D eigenvalue weighted by molar-refractivity contribution is 0.0667. The van der Waals surface area contributed by atoms with Gasteiger partial charge in [-0.1, -0.05) is 0 Å². The number of aryl methyl sites for hydroxylation is 1. The zero-order valence-corrected chi connectivity index (χ0v) is 13.6. The first kappa shape index (κ1) is 16.0. The molecule has 2 heterocycles. The molecule has 1 aliphatic heterocycles. The molecule has 0 spiro atoms. The van der Waals surface area contributed by atoms with Crippen LogP contribution < -0.4 is 5.56 Å². The number of rotatable bonds is 3. The van der Waals surface area contributed by atoms with Gasteiger partial charge in [0.05, 0.1) is 6.04 Å². The molecule has 0 aromatic carbocycles. The Hall–Kier alpha value is -1.34. The van der Waals surface area contributed by atoms with Gasteiger partial charge in [0.15, 0.2) is 0 Å². The van der Waals surface area contributed by atoms with E-state index in [2.05, 4.69) is 10.00 Å². The van der Waals surface area contributed by atoms with E-state index in [1.54, 1.807) is 7.05 Å². The van der Waals surface area contributed by atoms with Crippen molar-refractivity contribution < 1.29 is 4.79 Å². The third-order valence-electron chi connectivity index (χ3n) is 3.46. The SMILES string of the molecule is CN(C)CC1CSCCCN1C(=O)c1ccc(=O)n(C)n1. The Morgan fingerprint density at radius 1 is 1.48 bits per heavy atom. The number of amides is 1. The smallest absolute Gasteiger partial charge is 0.274 e. The second-order valence-electron chi connectivity index (χ2n) is 5.52. The molecule has 1 amide bonds. The predicted octanol–water partition coefficient (Wildman–Crippen LogP) is 0.290. The zero-order chi connectivity index (χ0) is 15.4. The molecule has 7 heteroatoms. The fourth-order valence-electron chi connectivity index (χ4n) is 2.43. The summed E-state index contributed by atoms with van der Waals surface area (Å²) in [5, 5.41) is 4.08. The highest BCUT2D eigenvalue weighted by Gasteiger charge is 2.27. The van der Waals surface area contributed by atoms with Crippen LogP contribution in [0.3, 0.4) is 0 Å². The van der Waals surface area contributed by atoms with Gasteiger partial charge in [-0.15, -0.1) is 0 Å². The molecule has 1 aromatic rings. The summed E-state index contributed by atoms with van der Waals surface area (Å²) in [7, 11) is 5.60. The third kappa shape index (κ3) is 4.07. The molecular formula is C14H22N4O2S. The summed E-state index contributed by atoms with van der Waals surface area (Å²) >= 11 is 1.89. The Labute approximate surface area is 129 Å². The van der Waals surface area contributed by atoms with E-state index in [-0.39, 0.29) is 17.5 Å². The molecular weight excluding hydrogens is 288 g/mol. The van der Waals surface area contributed by atoms with Crippen LogP contribution >= 0.6 is 11.8 Å². The van der Waals surface area contributed by atoms with Gasteiger partial charge in [0.25, 0.3) is 11.5 Å². The van der Waals surface area contributed by atoms with Gasteiger partial charge in [0.2, 0.25) is 0 Å². The van der Waals surface area contributed by atoms with Crippen molar-refractivity contribution in [3.63, 3.8) is 0 Å². The largest absolute Gasteiger partial charge is 0.332 e. The molecule has 1 fully saturated rings. The van der Waals surface area contributed by atoms with Crippen LogP contribution in [0.2, 0.25) is 0 Å². The number of carbonyl (C=O) groups is 1. The standard InChI is InChI=1S/C14H22N4O2S/c1-16(2)9-11-10-21-8-4-7-18(11)14(20)12-5-6-13(19)17(3)15-12/h5-6,11H,4,7-10H2,1-3H3. The van der Waals surface area contributed by atoms with Crippen LogP contribution in [0, 0.1) is 0 Å². The molecule has 116 valence electrons. The molecule has 21 heavy (non-hydrogen) atoms. The third-order valence-corrected chi connectivity index (χ3v) is 4.65. The first-order valence-corrected chi connectivity index (χ1v) is 8.22. The number of likely N-dealkylation sites (N-methyl/N-ethyl adjacent to an activating group) is 1. The molecule has 1 saturated heterocycles. The molecule has 0 bridgehead atoms. The van der Waals surface area contributed by atoms with Crippen molar-refractivity contribution in [2.45, 2.75) is 12.5 Å². The van der Waals surface area contributed by atoms with Gasteiger partial charge in [-0.05, 0) is 32.3 Å². The number of hydrogen-bond donors (Lipinski definition) is 0. The lowest BCUT2D eigenvalue weighted by Crippen LogP contribution is -2.47. The maximum absolute atomic E-state index is 12.7. The van der Waals surface area contributed by atoms with Crippen LogP contribution in [0.15, 0.2) is 16.9 Å². The number of hydrogen-bond acceptors (Lipinski definition) is 5. The second-order valence-corrected chi connectivity index (χ2v) is 6.67. The number of nitrogens with zero attached hydrogens (tertiary/aromatic N) is 4. The Balaban J connectivity index is 2.23. The Bertz CT molecular complexity index is 558. The van der Waals surface area contributed by atoms with Crippen molar-refractivity contribution in [2.75, 3.05) is 38.7 Å². The molecule has 0 saturated carbocycles. The number of carbonyl (C=O) groups excluding carboxylic acids is 1. The minimum Gasteiger partial charge on any atom is -0.332 e. The van der Waals surface area contributed by atoms with Crippen LogP contribution in [0.4, 0.5) is 0 Å². The minimum atomic E-state index is -0.206. The normalized spacial score (nSPS) is 19.6. The fraction of sp³-hybridized carbons (Fsp3) is 0.643. The lowest BCUT2D eigenvalue weighted by atomic mass is 10.2. The summed E-state index contributed by atoms with van der Waals surface area (Å²) in [6.07, 6.45) is 0.992. The average molecular weight is 310 g/mol. The van der Waals surface area contributed by atoms with Gasteiger partial charge in [-0.25, -0.2) is 4.68 Å². The first-order valence-electron chi connectivity index (χ1n) is 7.07. The van der Waals surface area contributed by atoms with Crippen LogP contribution in [0.1, 0.15) is 16.9 Å². The van der Waals surface area contributed by atoms with Gasteiger partial charge < -0.3 is 9.80 Å². The maximum atomic E-state index is 12.7. The van der Waals surface area contributed by atoms with Crippen molar-refractivity contribution >= 4 is 17.7 Å². The molecule has 1 unspecified atom stereocenters. The summed E-state index contributed by atoms with van der Waals surface area (Å²) in [5.74, 6) is 1.93. The van der Waals surface area contributed by atoms with Crippen molar-refractivity contribution in [1.82, 2.24) is 19.6 Å². The zero-order valence-electron chi connectivity index (χ0n) is 12.8. The van der Waals surface area contributed by atoms with Gasteiger partial charge in [-0.3, -0.25) is 9.59 Å². The van der Waals surface area contributed by atoms with Crippen LogP contribution in [-0.4, -0.2) is 70.2 Å². The second kappa shape index (κ2) is 7.09. The van der Waals surface area contributed by atoms with E-state index < -0.39 is 0 Å². The molecule has 1 aliphatic rings. The van der Waals surface area contributed by atoms with E-state index in [0.717, 1.165) is 31.0 Å². The fourth-order valence-corrected chi connectivity index (χ4v) is 3.49. The van der Waals surface area contributed by atoms with E-state index in [1.165, 1.54) is 16.8 Å². The lowest BCUT2D eigenvalue weighted by Gasteiger charge is -2.31. The molecule has 0 aliphatic carbocycles. The number of thioether (sulfide) groups is 1. The van der Waals surface area contributed by atoms with Gasteiger partial charge in [-0.2, -0.15) is 16.9 Å². The molecule has 0 radical (unpaired) electrons. The first-order chi connectivity index (χ1) is 9.99. The highest BCUT2D eigenvalue weighted by Crippen LogP contribution is 2.18. The van der Waals surface area contributed by atoms with Crippen molar-refractivity contribution in [3.05, 3.63) is 28.2 Å². The summed E-state index contributed by atoms with van der Waals surface area (Å²) in [6, 6.07) is 3.10. The molecule has 1 atom stereocenters. The van der Waals surface area contributed by atoms with E-state index in [1.807, 2.05) is 30.8 Å². The van der Waals surface area contributed by atoms with Crippen molar-refractivity contribution in [2.24, 2.45) is 7.05 Å². The van der Waals surface area contributed by atoms with Crippen LogP contribution in [-0.2, 0) is 7.05 Å². The molecule has 0 N–H and O–H groups in total. The Morgan fingerprint density at radius 2 is 2.24 bits per heavy atom.